The number of hydrogen-bond donors (Lipinski definition) is 2. The second-order valence-electron chi connectivity index (χ2n) is 4.89. The normalized spacial score (nSPS) is 20.6. The Morgan fingerprint density at radius 3 is 3.00 bits per heavy atom. The number of nitrogens with two attached hydrogens (primary N) is 1. The first-order valence-electron chi connectivity index (χ1n) is 6.85. The molecular weight excluding hydrogens is 226 g/mol. The smallest absolute Gasteiger partial charge is 0.223 e. The zero-order chi connectivity index (χ0) is 13.0. The number of rotatable bonds is 3. The highest BCUT2D eigenvalue weighted by Crippen LogP contribution is 2.24. The van der Waals surface area contributed by atoms with Crippen LogP contribution in [0.4, 0.5) is 17.6 Å². The van der Waals surface area contributed by atoms with Gasteiger partial charge in [0.1, 0.15) is 11.6 Å². The number of nitrogen functional groups attached to an aromatic ring is 1. The molecule has 1 aromatic rings. The molecule has 0 saturated carbocycles. The van der Waals surface area contributed by atoms with E-state index in [0.29, 0.717) is 12.0 Å². The molecule has 0 aliphatic carbocycles. The van der Waals surface area contributed by atoms with Crippen LogP contribution in [0.25, 0.3) is 0 Å². The Morgan fingerprint density at radius 2 is 2.22 bits per heavy atom. The summed E-state index contributed by atoms with van der Waals surface area (Å²) < 4.78 is 0. The van der Waals surface area contributed by atoms with Crippen LogP contribution in [0, 0.1) is 0 Å². The van der Waals surface area contributed by atoms with Crippen LogP contribution in [0.5, 0.6) is 0 Å². The van der Waals surface area contributed by atoms with Crippen LogP contribution < -0.4 is 16.0 Å². The molecule has 0 aromatic carbocycles. The van der Waals surface area contributed by atoms with Crippen LogP contribution in [-0.4, -0.2) is 29.1 Å². The lowest BCUT2D eigenvalue weighted by atomic mass is 10.1. The summed E-state index contributed by atoms with van der Waals surface area (Å²) in [6, 6.07) is 2.53. The fourth-order valence-corrected chi connectivity index (χ4v) is 2.49. The van der Waals surface area contributed by atoms with E-state index in [2.05, 4.69) is 27.1 Å². The molecule has 0 spiro atoms. The Morgan fingerprint density at radius 1 is 1.39 bits per heavy atom. The summed E-state index contributed by atoms with van der Waals surface area (Å²) >= 11 is 0. The minimum absolute atomic E-state index is 0.347. The first-order valence-corrected chi connectivity index (χ1v) is 6.85. The van der Waals surface area contributed by atoms with Gasteiger partial charge in [0.05, 0.1) is 0 Å². The molecule has 100 valence electrons. The number of nitrogens with zero attached hydrogens (tertiary/aromatic N) is 3. The molecule has 1 aliphatic heterocycles. The molecule has 0 radical (unpaired) electrons. The van der Waals surface area contributed by atoms with Crippen molar-refractivity contribution in [3.8, 4) is 0 Å². The highest BCUT2D eigenvalue weighted by Gasteiger charge is 2.19. The summed E-state index contributed by atoms with van der Waals surface area (Å²) in [6.07, 6.45) is 5.06. The molecule has 3 N–H and O–H groups in total. The molecule has 1 saturated heterocycles. The summed E-state index contributed by atoms with van der Waals surface area (Å²) in [5, 5.41) is 3.20. The van der Waals surface area contributed by atoms with Crippen molar-refractivity contribution in [2.24, 2.45) is 0 Å². The van der Waals surface area contributed by atoms with Gasteiger partial charge < -0.3 is 16.0 Å². The third-order valence-corrected chi connectivity index (χ3v) is 3.44. The van der Waals surface area contributed by atoms with Crippen molar-refractivity contribution in [2.45, 2.75) is 45.6 Å². The molecule has 1 atom stereocenters. The van der Waals surface area contributed by atoms with Gasteiger partial charge in [0.25, 0.3) is 0 Å². The first kappa shape index (κ1) is 12.9. The van der Waals surface area contributed by atoms with E-state index in [1.54, 1.807) is 0 Å². The van der Waals surface area contributed by atoms with Gasteiger partial charge in [0, 0.05) is 25.2 Å². The lowest BCUT2D eigenvalue weighted by Crippen LogP contribution is -2.33. The summed E-state index contributed by atoms with van der Waals surface area (Å²) in [5.41, 5.74) is 5.79. The van der Waals surface area contributed by atoms with Crippen LogP contribution in [0.15, 0.2) is 6.07 Å². The predicted octanol–water partition coefficient (Wildman–Crippen LogP) is 2.26. The number of anilines is 3. The van der Waals surface area contributed by atoms with Crippen molar-refractivity contribution in [3.05, 3.63) is 6.07 Å². The summed E-state index contributed by atoms with van der Waals surface area (Å²) in [7, 11) is 0. The van der Waals surface area contributed by atoms with E-state index >= 15 is 0 Å². The van der Waals surface area contributed by atoms with Crippen molar-refractivity contribution in [1.82, 2.24) is 9.97 Å². The van der Waals surface area contributed by atoms with Crippen LogP contribution in [0.3, 0.4) is 0 Å². The molecule has 1 aliphatic rings. The van der Waals surface area contributed by atoms with Gasteiger partial charge in [-0.15, -0.1) is 0 Å². The fraction of sp³-hybridized carbons (Fsp3) is 0.692. The molecule has 2 rings (SSSR count). The molecule has 1 aromatic heterocycles. The van der Waals surface area contributed by atoms with Crippen LogP contribution in [-0.2, 0) is 0 Å². The second-order valence-corrected chi connectivity index (χ2v) is 4.89. The van der Waals surface area contributed by atoms with Crippen molar-refractivity contribution in [1.29, 1.82) is 0 Å². The van der Waals surface area contributed by atoms with Crippen molar-refractivity contribution < 1.29 is 0 Å². The molecule has 18 heavy (non-hydrogen) atoms. The van der Waals surface area contributed by atoms with Gasteiger partial charge in [0.15, 0.2) is 0 Å². The minimum Gasteiger partial charge on any atom is -0.370 e. The summed E-state index contributed by atoms with van der Waals surface area (Å²) in [5.74, 6) is 2.11. The summed E-state index contributed by atoms with van der Waals surface area (Å²) in [4.78, 5) is 10.9. The molecule has 1 fully saturated rings. The highest BCUT2D eigenvalue weighted by atomic mass is 15.2. The maximum atomic E-state index is 5.79. The third-order valence-electron chi connectivity index (χ3n) is 3.44. The first-order chi connectivity index (χ1) is 8.70. The molecule has 5 heteroatoms. The largest absolute Gasteiger partial charge is 0.370 e. The lowest BCUT2D eigenvalue weighted by Gasteiger charge is -2.28. The molecule has 2 heterocycles. The Bertz CT molecular complexity index is 393. The zero-order valence-electron chi connectivity index (χ0n) is 11.3. The summed E-state index contributed by atoms with van der Waals surface area (Å²) in [6.45, 7) is 6.21. The molecule has 1 unspecified atom stereocenters. The quantitative estimate of drug-likeness (QED) is 0.860. The number of aromatic nitrogens is 2. The third kappa shape index (κ3) is 3.03. The Hall–Kier alpha value is -1.52. The van der Waals surface area contributed by atoms with Gasteiger partial charge in [-0.2, -0.15) is 9.97 Å². The van der Waals surface area contributed by atoms with E-state index in [-0.39, 0.29) is 0 Å². The molecule has 5 nitrogen and oxygen atoms in total. The average Bonchev–Trinajstić information content (AvgIpc) is 2.53. The van der Waals surface area contributed by atoms with E-state index in [1.807, 2.05) is 13.0 Å². The topological polar surface area (TPSA) is 67.1 Å². The maximum Gasteiger partial charge on any atom is 0.223 e. The van der Waals surface area contributed by atoms with Crippen LogP contribution in [0.2, 0.25) is 0 Å². The Balaban J connectivity index is 2.24. The highest BCUT2D eigenvalue weighted by molar-refractivity contribution is 5.53. The molecular formula is C13H23N5. The van der Waals surface area contributed by atoms with Crippen molar-refractivity contribution in [2.75, 3.05) is 29.0 Å². The zero-order valence-corrected chi connectivity index (χ0v) is 11.3. The van der Waals surface area contributed by atoms with Crippen molar-refractivity contribution in [3.63, 3.8) is 0 Å². The van der Waals surface area contributed by atoms with Crippen LogP contribution >= 0.6 is 0 Å². The standard InChI is InChI=1S/C13H23N5/c1-3-15-11-9-12(17-13(14)16-11)18-8-6-4-5-7-10(18)2/h9-10H,3-8H2,1-2H3,(H3,14,15,16,17). The lowest BCUT2D eigenvalue weighted by molar-refractivity contribution is 0.611. The van der Waals surface area contributed by atoms with E-state index < -0.39 is 0 Å². The molecule has 0 amide bonds. The van der Waals surface area contributed by atoms with E-state index in [9.17, 15) is 0 Å². The van der Waals surface area contributed by atoms with E-state index in [4.69, 9.17) is 5.73 Å². The molecule has 0 bridgehead atoms. The Labute approximate surface area is 109 Å². The van der Waals surface area contributed by atoms with Gasteiger partial charge in [-0.05, 0) is 26.7 Å². The van der Waals surface area contributed by atoms with Gasteiger partial charge in [-0.1, -0.05) is 12.8 Å². The van der Waals surface area contributed by atoms with Crippen LogP contribution in [0.1, 0.15) is 39.5 Å². The van der Waals surface area contributed by atoms with Gasteiger partial charge in [-0.3, -0.25) is 0 Å². The minimum atomic E-state index is 0.347. The van der Waals surface area contributed by atoms with Gasteiger partial charge >= 0.3 is 0 Å². The predicted molar refractivity (Wildman–Crippen MR) is 75.9 cm³/mol. The average molecular weight is 249 g/mol. The van der Waals surface area contributed by atoms with E-state index in [1.165, 1.54) is 25.7 Å². The second kappa shape index (κ2) is 5.89. The monoisotopic (exact) mass is 249 g/mol. The SMILES string of the molecule is CCNc1cc(N2CCCCCC2C)nc(N)n1. The number of nitrogens with one attached hydrogen (secondary N) is 1. The Kier molecular flexibility index (Phi) is 4.23. The fourth-order valence-electron chi connectivity index (χ4n) is 2.49. The number of hydrogen-bond acceptors (Lipinski definition) is 5. The van der Waals surface area contributed by atoms with Crippen molar-refractivity contribution >= 4 is 17.6 Å². The van der Waals surface area contributed by atoms with Gasteiger partial charge in [0.2, 0.25) is 5.95 Å². The van der Waals surface area contributed by atoms with Gasteiger partial charge in [-0.25, -0.2) is 0 Å². The maximum absolute atomic E-state index is 5.79. The van der Waals surface area contributed by atoms with E-state index in [0.717, 1.165) is 24.7 Å².